The lowest BCUT2D eigenvalue weighted by Crippen LogP contribution is -2.05. The number of aromatic nitrogens is 2. The first-order valence-electron chi connectivity index (χ1n) is 6.75. The summed E-state index contributed by atoms with van der Waals surface area (Å²) in [6, 6.07) is 6.31. The number of benzene rings is 1. The number of nitrogens with two attached hydrogens (primary N) is 1. The van der Waals surface area contributed by atoms with Crippen molar-refractivity contribution in [3.8, 4) is 5.75 Å². The highest BCUT2D eigenvalue weighted by Crippen LogP contribution is 2.32. The maximum atomic E-state index is 6.20. The topological polar surface area (TPSA) is 53.1 Å². The highest BCUT2D eigenvalue weighted by atomic mass is 35.5. The summed E-state index contributed by atoms with van der Waals surface area (Å²) in [7, 11) is 1.83. The first-order valence-corrected chi connectivity index (χ1v) is 7.13. The van der Waals surface area contributed by atoms with Gasteiger partial charge in [0, 0.05) is 18.7 Å². The van der Waals surface area contributed by atoms with Gasteiger partial charge in [0.05, 0.1) is 5.69 Å². The molecule has 0 fully saturated rings. The summed E-state index contributed by atoms with van der Waals surface area (Å²) >= 11 is 6.20. The van der Waals surface area contributed by atoms with E-state index in [4.69, 9.17) is 22.1 Å². The second kappa shape index (κ2) is 5.11. The van der Waals surface area contributed by atoms with Gasteiger partial charge in [0.25, 0.3) is 0 Å². The van der Waals surface area contributed by atoms with Crippen molar-refractivity contribution in [2.24, 2.45) is 12.8 Å². The van der Waals surface area contributed by atoms with Gasteiger partial charge in [-0.1, -0.05) is 17.7 Å². The van der Waals surface area contributed by atoms with E-state index in [-0.39, 0.29) is 6.04 Å². The fraction of sp³-hybridized carbons (Fsp3) is 0.400. The maximum absolute atomic E-state index is 6.20. The third-order valence-electron chi connectivity index (χ3n) is 3.89. The summed E-state index contributed by atoms with van der Waals surface area (Å²) < 4.78 is 7.51. The summed E-state index contributed by atoms with van der Waals surface area (Å²) in [5.41, 5.74) is 10.4. The summed E-state index contributed by atoms with van der Waals surface area (Å²) in [4.78, 5) is 0. The molecule has 106 valence electrons. The molecule has 1 aliphatic carbocycles. The average Bonchev–Trinajstić information content (AvgIpc) is 2.90. The fourth-order valence-corrected chi connectivity index (χ4v) is 2.94. The predicted octanol–water partition coefficient (Wildman–Crippen LogP) is 2.91. The van der Waals surface area contributed by atoms with Crippen LogP contribution in [0.4, 0.5) is 0 Å². The van der Waals surface area contributed by atoms with E-state index in [1.54, 1.807) is 4.68 Å². The van der Waals surface area contributed by atoms with Gasteiger partial charge in [-0.25, -0.2) is 0 Å². The maximum Gasteiger partial charge on any atom is 0.133 e. The normalized spacial score (nSPS) is 17.3. The molecule has 2 aromatic rings. The fourth-order valence-electron chi connectivity index (χ4n) is 2.71. The van der Waals surface area contributed by atoms with Crippen molar-refractivity contribution < 1.29 is 4.74 Å². The van der Waals surface area contributed by atoms with Crippen molar-refractivity contribution in [1.29, 1.82) is 0 Å². The van der Waals surface area contributed by atoms with Gasteiger partial charge >= 0.3 is 0 Å². The zero-order valence-corrected chi connectivity index (χ0v) is 12.4. The molecule has 2 N–H and O–H groups in total. The zero-order chi connectivity index (χ0) is 14.3. The molecule has 0 saturated carbocycles. The predicted molar refractivity (Wildman–Crippen MR) is 79.0 cm³/mol. The Kier molecular flexibility index (Phi) is 3.44. The molecule has 5 heteroatoms. The van der Waals surface area contributed by atoms with E-state index in [0.29, 0.717) is 11.8 Å². The Morgan fingerprint density at radius 3 is 3.00 bits per heavy atom. The molecule has 1 atom stereocenters. The lowest BCUT2D eigenvalue weighted by Gasteiger charge is -2.09. The highest BCUT2D eigenvalue weighted by Gasteiger charge is 2.19. The van der Waals surface area contributed by atoms with Crippen LogP contribution in [-0.4, -0.2) is 9.78 Å². The summed E-state index contributed by atoms with van der Waals surface area (Å²) in [6.45, 7) is 2.37. The standard InChI is InChI=1S/C15H18ClN3O/c1-9-13(15(16)19(2)18-9)8-20-11-4-5-12-10(7-11)3-6-14(12)17/h4-5,7,14H,3,6,8,17H2,1-2H3. The average molecular weight is 292 g/mol. The summed E-state index contributed by atoms with van der Waals surface area (Å²) in [5.74, 6) is 0.858. The number of aryl methyl sites for hydroxylation is 3. The Balaban J connectivity index is 1.76. The monoisotopic (exact) mass is 291 g/mol. The van der Waals surface area contributed by atoms with Crippen LogP contribution < -0.4 is 10.5 Å². The number of hydrogen-bond acceptors (Lipinski definition) is 3. The van der Waals surface area contributed by atoms with Crippen molar-refractivity contribution in [1.82, 2.24) is 9.78 Å². The molecule has 4 nitrogen and oxygen atoms in total. The van der Waals surface area contributed by atoms with Crippen LogP contribution in [0.15, 0.2) is 18.2 Å². The Bertz CT molecular complexity index is 651. The van der Waals surface area contributed by atoms with E-state index in [1.807, 2.05) is 20.0 Å². The second-order valence-electron chi connectivity index (χ2n) is 5.27. The van der Waals surface area contributed by atoms with E-state index in [0.717, 1.165) is 29.8 Å². The highest BCUT2D eigenvalue weighted by molar-refractivity contribution is 6.30. The zero-order valence-electron chi connectivity index (χ0n) is 11.7. The molecule has 1 aromatic heterocycles. The molecular weight excluding hydrogens is 274 g/mol. The van der Waals surface area contributed by atoms with Gasteiger partial charge < -0.3 is 10.5 Å². The quantitative estimate of drug-likeness (QED) is 0.946. The molecule has 0 radical (unpaired) electrons. The minimum Gasteiger partial charge on any atom is -0.489 e. The minimum absolute atomic E-state index is 0.175. The van der Waals surface area contributed by atoms with Crippen LogP contribution in [0, 0.1) is 6.92 Å². The number of rotatable bonds is 3. The molecule has 3 rings (SSSR count). The van der Waals surface area contributed by atoms with Crippen molar-refractivity contribution in [3.63, 3.8) is 0 Å². The Hall–Kier alpha value is -1.52. The van der Waals surface area contributed by atoms with Crippen LogP contribution in [-0.2, 0) is 20.1 Å². The Morgan fingerprint density at radius 2 is 2.30 bits per heavy atom. The molecular formula is C15H18ClN3O. The molecule has 0 amide bonds. The third kappa shape index (κ3) is 2.30. The first kappa shape index (κ1) is 13.5. The number of nitrogens with zero attached hydrogens (tertiary/aromatic N) is 2. The van der Waals surface area contributed by atoms with Crippen LogP contribution in [0.2, 0.25) is 5.15 Å². The van der Waals surface area contributed by atoms with E-state index in [9.17, 15) is 0 Å². The van der Waals surface area contributed by atoms with Gasteiger partial charge in [0.1, 0.15) is 17.5 Å². The largest absolute Gasteiger partial charge is 0.489 e. The summed E-state index contributed by atoms with van der Waals surface area (Å²) in [5, 5.41) is 4.91. The van der Waals surface area contributed by atoms with Crippen molar-refractivity contribution in [3.05, 3.63) is 45.7 Å². The van der Waals surface area contributed by atoms with E-state index >= 15 is 0 Å². The van der Waals surface area contributed by atoms with E-state index in [1.165, 1.54) is 11.1 Å². The van der Waals surface area contributed by atoms with Crippen LogP contribution in [0.5, 0.6) is 5.75 Å². The smallest absolute Gasteiger partial charge is 0.133 e. The summed E-state index contributed by atoms with van der Waals surface area (Å²) in [6.07, 6.45) is 2.05. The lowest BCUT2D eigenvalue weighted by atomic mass is 10.1. The van der Waals surface area contributed by atoms with Gasteiger partial charge in [-0.2, -0.15) is 5.10 Å². The van der Waals surface area contributed by atoms with Gasteiger partial charge in [-0.15, -0.1) is 0 Å². The number of fused-ring (bicyclic) bond motifs is 1. The Morgan fingerprint density at radius 1 is 1.50 bits per heavy atom. The van der Waals surface area contributed by atoms with Gasteiger partial charge in [-0.05, 0) is 43.0 Å². The molecule has 0 aliphatic heterocycles. The Labute approximate surface area is 123 Å². The third-order valence-corrected chi connectivity index (χ3v) is 4.36. The van der Waals surface area contributed by atoms with Crippen molar-refractivity contribution in [2.45, 2.75) is 32.4 Å². The minimum atomic E-state index is 0.175. The molecule has 0 bridgehead atoms. The van der Waals surface area contributed by atoms with Gasteiger partial charge in [-0.3, -0.25) is 4.68 Å². The number of hydrogen-bond donors (Lipinski definition) is 1. The van der Waals surface area contributed by atoms with Crippen LogP contribution in [0.1, 0.15) is 34.8 Å². The number of ether oxygens (including phenoxy) is 1. The molecule has 1 heterocycles. The van der Waals surface area contributed by atoms with Gasteiger partial charge in [0.15, 0.2) is 0 Å². The van der Waals surface area contributed by atoms with Crippen LogP contribution in [0.25, 0.3) is 0 Å². The lowest BCUT2D eigenvalue weighted by molar-refractivity contribution is 0.305. The molecule has 0 saturated heterocycles. The first-order chi connectivity index (χ1) is 9.56. The number of halogens is 1. The van der Waals surface area contributed by atoms with Crippen LogP contribution >= 0.6 is 11.6 Å². The van der Waals surface area contributed by atoms with E-state index < -0.39 is 0 Å². The second-order valence-corrected chi connectivity index (χ2v) is 5.63. The van der Waals surface area contributed by atoms with Crippen molar-refractivity contribution >= 4 is 11.6 Å². The van der Waals surface area contributed by atoms with E-state index in [2.05, 4.69) is 17.2 Å². The molecule has 1 aromatic carbocycles. The van der Waals surface area contributed by atoms with Crippen LogP contribution in [0.3, 0.4) is 0 Å². The molecule has 0 spiro atoms. The van der Waals surface area contributed by atoms with Crippen molar-refractivity contribution in [2.75, 3.05) is 0 Å². The van der Waals surface area contributed by atoms with Gasteiger partial charge in [0.2, 0.25) is 0 Å². The molecule has 1 aliphatic rings. The molecule has 1 unspecified atom stereocenters. The molecule has 20 heavy (non-hydrogen) atoms. The SMILES string of the molecule is Cc1nn(C)c(Cl)c1COc1ccc2c(c1)CCC2N.